The number of pyridine rings is 1. The summed E-state index contributed by atoms with van der Waals surface area (Å²) >= 11 is 0. The zero-order valence-electron chi connectivity index (χ0n) is 12.0. The molecule has 0 saturated carbocycles. The van der Waals surface area contributed by atoms with Crippen LogP contribution < -0.4 is 16.2 Å². The van der Waals surface area contributed by atoms with Crippen molar-refractivity contribution in [3.63, 3.8) is 0 Å². The van der Waals surface area contributed by atoms with Crippen molar-refractivity contribution in [2.45, 2.75) is 24.9 Å². The summed E-state index contributed by atoms with van der Waals surface area (Å²) in [5.74, 6) is 1.92. The zero-order chi connectivity index (χ0) is 14.1. The second-order valence-electron chi connectivity index (χ2n) is 5.63. The van der Waals surface area contributed by atoms with Gasteiger partial charge in [0.25, 0.3) is 0 Å². The number of rotatable bonds is 3. The number of nitrogens with one attached hydrogen (secondary N) is 3. The van der Waals surface area contributed by atoms with Crippen molar-refractivity contribution >= 4 is 12.4 Å². The molecule has 0 amide bonds. The molecule has 2 fully saturated rings. The molecular weight excluding hydrogens is 304 g/mol. The van der Waals surface area contributed by atoms with Crippen LogP contribution in [0.1, 0.15) is 24.8 Å². The van der Waals surface area contributed by atoms with E-state index in [0.29, 0.717) is 23.7 Å². The van der Waals surface area contributed by atoms with Crippen LogP contribution in [0.15, 0.2) is 29.0 Å². The van der Waals surface area contributed by atoms with Gasteiger partial charge in [-0.2, -0.15) is 4.98 Å². The molecule has 4 heterocycles. The first kappa shape index (κ1) is 15.4. The minimum absolute atomic E-state index is 0. The fraction of sp³-hybridized carbons (Fsp3) is 0.500. The first-order valence-electron chi connectivity index (χ1n) is 7.36. The van der Waals surface area contributed by atoms with E-state index >= 15 is 0 Å². The van der Waals surface area contributed by atoms with Crippen LogP contribution in [-0.2, 0) is 0 Å². The summed E-state index contributed by atoms with van der Waals surface area (Å²) in [7, 11) is 0. The molecule has 0 bridgehead atoms. The molecule has 3 atom stereocenters. The summed E-state index contributed by atoms with van der Waals surface area (Å²) in [6, 6.07) is 4.30. The van der Waals surface area contributed by atoms with Crippen molar-refractivity contribution in [1.82, 2.24) is 31.3 Å². The zero-order valence-corrected chi connectivity index (χ0v) is 12.8. The lowest BCUT2D eigenvalue weighted by atomic mass is 9.95. The van der Waals surface area contributed by atoms with E-state index in [1.807, 2.05) is 12.1 Å². The highest BCUT2D eigenvalue weighted by Crippen LogP contribution is 2.28. The molecule has 2 aliphatic rings. The van der Waals surface area contributed by atoms with E-state index in [1.54, 1.807) is 12.4 Å². The topological polar surface area (TPSA) is 87.9 Å². The van der Waals surface area contributed by atoms with Gasteiger partial charge >= 0.3 is 0 Å². The average molecular weight is 323 g/mol. The minimum atomic E-state index is 0. The molecule has 2 aliphatic heterocycles. The van der Waals surface area contributed by atoms with E-state index in [2.05, 4.69) is 31.3 Å². The van der Waals surface area contributed by atoms with Crippen molar-refractivity contribution in [3.8, 4) is 11.4 Å². The van der Waals surface area contributed by atoms with Crippen LogP contribution in [0.25, 0.3) is 11.4 Å². The van der Waals surface area contributed by atoms with Crippen molar-refractivity contribution in [1.29, 1.82) is 0 Å². The molecule has 7 nitrogen and oxygen atoms in total. The van der Waals surface area contributed by atoms with E-state index < -0.39 is 0 Å². The monoisotopic (exact) mass is 322 g/mol. The Labute approximate surface area is 134 Å². The second-order valence-corrected chi connectivity index (χ2v) is 5.63. The van der Waals surface area contributed by atoms with Crippen molar-refractivity contribution in [2.24, 2.45) is 5.92 Å². The molecule has 22 heavy (non-hydrogen) atoms. The summed E-state index contributed by atoms with van der Waals surface area (Å²) < 4.78 is 5.41. The molecule has 0 aromatic carbocycles. The molecule has 3 unspecified atom stereocenters. The number of hydrogen-bond donors (Lipinski definition) is 3. The van der Waals surface area contributed by atoms with Gasteiger partial charge in [-0.3, -0.25) is 10.4 Å². The smallest absolute Gasteiger partial charge is 0.245 e. The van der Waals surface area contributed by atoms with Gasteiger partial charge in [0.05, 0.1) is 0 Å². The predicted octanol–water partition coefficient (Wildman–Crippen LogP) is 1.07. The summed E-state index contributed by atoms with van der Waals surface area (Å²) in [6.45, 7) is 2.19. The molecule has 8 heteroatoms. The molecule has 2 aromatic heterocycles. The number of nitrogens with zero attached hydrogens (tertiary/aromatic N) is 3. The van der Waals surface area contributed by atoms with E-state index in [4.69, 9.17) is 4.52 Å². The minimum Gasteiger partial charge on any atom is -0.337 e. The Balaban J connectivity index is 0.00000144. The molecule has 2 saturated heterocycles. The first-order valence-corrected chi connectivity index (χ1v) is 7.36. The third kappa shape index (κ3) is 2.98. The highest BCUT2D eigenvalue weighted by Gasteiger charge is 2.35. The lowest BCUT2D eigenvalue weighted by molar-refractivity contribution is 0.339. The van der Waals surface area contributed by atoms with E-state index in [-0.39, 0.29) is 18.4 Å². The third-order valence-corrected chi connectivity index (χ3v) is 4.28. The van der Waals surface area contributed by atoms with Crippen molar-refractivity contribution < 1.29 is 4.52 Å². The summed E-state index contributed by atoms with van der Waals surface area (Å²) in [6.07, 6.45) is 5.65. The number of hydrazine groups is 1. The number of hydrogen-bond acceptors (Lipinski definition) is 7. The van der Waals surface area contributed by atoms with Crippen LogP contribution in [0.5, 0.6) is 0 Å². The van der Waals surface area contributed by atoms with Gasteiger partial charge in [-0.1, -0.05) is 5.16 Å². The molecule has 118 valence electrons. The maximum Gasteiger partial charge on any atom is 0.245 e. The Morgan fingerprint density at radius 1 is 1.18 bits per heavy atom. The lowest BCUT2D eigenvalue weighted by Gasteiger charge is -2.15. The maximum absolute atomic E-state index is 5.41. The number of halogens is 1. The van der Waals surface area contributed by atoms with Crippen molar-refractivity contribution in [2.75, 3.05) is 13.1 Å². The molecule has 0 radical (unpaired) electrons. The maximum atomic E-state index is 5.41. The fourth-order valence-electron chi connectivity index (χ4n) is 3.07. The van der Waals surface area contributed by atoms with E-state index in [0.717, 1.165) is 25.1 Å². The molecule has 2 aromatic rings. The standard InChI is InChI=1S/C14H18N6O.ClH/c1-4-15-5-2-9(1)13-17-14(21-20-13)12-7-11(18-19-12)10-3-6-16-8-10;/h1-2,4-5,10-12,16,18-19H,3,6-8H2;1H. The predicted molar refractivity (Wildman–Crippen MR) is 83.2 cm³/mol. The first-order chi connectivity index (χ1) is 10.4. The van der Waals surface area contributed by atoms with Gasteiger partial charge in [-0.15, -0.1) is 12.4 Å². The van der Waals surface area contributed by atoms with Gasteiger partial charge in [-0.25, -0.2) is 5.43 Å². The summed E-state index contributed by atoms with van der Waals surface area (Å²) in [5, 5.41) is 7.46. The molecule has 0 spiro atoms. The molecule has 0 aliphatic carbocycles. The van der Waals surface area contributed by atoms with Gasteiger partial charge < -0.3 is 9.84 Å². The Hall–Kier alpha value is -1.54. The van der Waals surface area contributed by atoms with Gasteiger partial charge in [-0.05, 0) is 44.0 Å². The molecule has 3 N–H and O–H groups in total. The highest BCUT2D eigenvalue weighted by atomic mass is 35.5. The van der Waals surface area contributed by atoms with Gasteiger partial charge in [0.15, 0.2) is 0 Å². The third-order valence-electron chi connectivity index (χ3n) is 4.28. The van der Waals surface area contributed by atoms with Gasteiger partial charge in [0.2, 0.25) is 11.7 Å². The Bertz CT molecular complexity index is 600. The average Bonchev–Trinajstić information content (AvgIpc) is 3.27. The van der Waals surface area contributed by atoms with Crippen LogP contribution in [0.2, 0.25) is 0 Å². The SMILES string of the molecule is Cl.c1cc(-c2noc(C3CC(C4CCNC4)NN3)n2)ccn1. The van der Waals surface area contributed by atoms with Crippen LogP contribution >= 0.6 is 12.4 Å². The lowest BCUT2D eigenvalue weighted by Crippen LogP contribution is -2.36. The van der Waals surface area contributed by atoms with Crippen LogP contribution in [0.4, 0.5) is 0 Å². The molecular formula is C14H19ClN6O. The summed E-state index contributed by atoms with van der Waals surface area (Å²) in [5.41, 5.74) is 7.57. The normalized spacial score (nSPS) is 27.7. The Kier molecular flexibility index (Phi) is 4.68. The van der Waals surface area contributed by atoms with Gasteiger partial charge in [0, 0.05) is 24.0 Å². The van der Waals surface area contributed by atoms with Crippen molar-refractivity contribution in [3.05, 3.63) is 30.4 Å². The second kappa shape index (κ2) is 6.70. The fourth-order valence-corrected chi connectivity index (χ4v) is 3.07. The van der Waals surface area contributed by atoms with Crippen LogP contribution in [-0.4, -0.2) is 34.3 Å². The van der Waals surface area contributed by atoms with E-state index in [9.17, 15) is 0 Å². The van der Waals surface area contributed by atoms with Crippen LogP contribution in [0, 0.1) is 5.92 Å². The highest BCUT2D eigenvalue weighted by molar-refractivity contribution is 5.85. The van der Waals surface area contributed by atoms with E-state index in [1.165, 1.54) is 6.42 Å². The van der Waals surface area contributed by atoms with Gasteiger partial charge in [0.1, 0.15) is 6.04 Å². The quantitative estimate of drug-likeness (QED) is 0.779. The summed E-state index contributed by atoms with van der Waals surface area (Å²) in [4.78, 5) is 8.49. The Morgan fingerprint density at radius 2 is 2.05 bits per heavy atom. The largest absolute Gasteiger partial charge is 0.337 e. The van der Waals surface area contributed by atoms with Crippen LogP contribution in [0.3, 0.4) is 0 Å². The number of aromatic nitrogens is 3. The Morgan fingerprint density at radius 3 is 2.82 bits per heavy atom. The molecule has 4 rings (SSSR count).